The number of hydrogen-bond donors (Lipinski definition) is 1. The van der Waals surface area contributed by atoms with Gasteiger partial charge in [-0.05, 0) is 17.2 Å². The molecule has 1 fully saturated rings. The number of nitrogens with zero attached hydrogens (tertiary/aromatic N) is 2. The maximum atomic E-state index is 5.86. The summed E-state index contributed by atoms with van der Waals surface area (Å²) in [7, 11) is 5.86. The first-order valence-corrected chi connectivity index (χ1v) is 7.76. The Morgan fingerprint density at radius 1 is 1.30 bits per heavy atom. The highest BCUT2D eigenvalue weighted by Gasteiger charge is 2.72. The Bertz CT molecular complexity index is 569. The van der Waals surface area contributed by atoms with Crippen molar-refractivity contribution in [3.63, 3.8) is 0 Å². The van der Waals surface area contributed by atoms with Gasteiger partial charge in [-0.1, -0.05) is 57.4 Å². The van der Waals surface area contributed by atoms with Crippen LogP contribution in [0.2, 0.25) is 0 Å². The van der Waals surface area contributed by atoms with E-state index in [-0.39, 0.29) is 10.8 Å². The quantitative estimate of drug-likeness (QED) is 0.638. The van der Waals surface area contributed by atoms with E-state index in [9.17, 15) is 0 Å². The maximum absolute atomic E-state index is 5.86. The van der Waals surface area contributed by atoms with Gasteiger partial charge in [0.05, 0.1) is 5.71 Å². The van der Waals surface area contributed by atoms with Crippen molar-refractivity contribution in [3.05, 3.63) is 29.8 Å². The SMILES string of the molecule is CC.[B]c1cccc(C2=NN=CC3(C)C(CS)C23C)c1. The zero-order chi connectivity index (χ0) is 15.0. The fourth-order valence-corrected chi connectivity index (χ4v) is 4.05. The van der Waals surface area contributed by atoms with Gasteiger partial charge in [-0.3, -0.25) is 0 Å². The van der Waals surface area contributed by atoms with Gasteiger partial charge in [-0.25, -0.2) is 0 Å². The number of thiol groups is 1. The molecule has 2 nitrogen and oxygen atoms in total. The predicted molar refractivity (Wildman–Crippen MR) is 91.8 cm³/mol. The number of rotatable bonds is 2. The molecule has 1 aromatic rings. The molecule has 1 aliphatic heterocycles. The van der Waals surface area contributed by atoms with Gasteiger partial charge >= 0.3 is 0 Å². The van der Waals surface area contributed by atoms with Crippen LogP contribution in [-0.4, -0.2) is 25.5 Å². The molecule has 1 aromatic carbocycles. The molecule has 1 saturated carbocycles. The lowest BCUT2D eigenvalue weighted by molar-refractivity contribution is 0.621. The zero-order valence-electron chi connectivity index (χ0n) is 12.6. The molecule has 0 amide bonds. The van der Waals surface area contributed by atoms with Crippen molar-refractivity contribution >= 4 is 37.9 Å². The van der Waals surface area contributed by atoms with Crippen LogP contribution in [-0.2, 0) is 0 Å². The Kier molecular flexibility index (Phi) is 4.15. The van der Waals surface area contributed by atoms with Crippen LogP contribution < -0.4 is 5.46 Å². The summed E-state index contributed by atoms with van der Waals surface area (Å²) in [5.74, 6) is 1.33. The Hall–Kier alpha value is -1.03. The van der Waals surface area contributed by atoms with Crippen molar-refractivity contribution in [1.29, 1.82) is 0 Å². The minimum atomic E-state index is 0.0320. The molecule has 1 heterocycles. The monoisotopic (exact) mass is 284 g/mol. The van der Waals surface area contributed by atoms with E-state index in [1.165, 1.54) is 0 Å². The van der Waals surface area contributed by atoms with Gasteiger partial charge in [-0.2, -0.15) is 22.8 Å². The summed E-state index contributed by atoms with van der Waals surface area (Å²) in [6.07, 6.45) is 1.98. The van der Waals surface area contributed by atoms with Gasteiger partial charge in [-0.15, -0.1) is 0 Å². The van der Waals surface area contributed by atoms with E-state index >= 15 is 0 Å². The molecule has 0 saturated heterocycles. The molecule has 3 atom stereocenters. The molecule has 4 heteroatoms. The molecule has 0 aromatic heterocycles. The average Bonchev–Trinajstić information content (AvgIpc) is 2.96. The second-order valence-corrected chi connectivity index (χ2v) is 5.90. The van der Waals surface area contributed by atoms with Gasteiger partial charge in [0.2, 0.25) is 0 Å². The van der Waals surface area contributed by atoms with Crippen molar-refractivity contribution in [3.8, 4) is 0 Å². The van der Waals surface area contributed by atoms with Gasteiger partial charge in [0, 0.05) is 17.0 Å². The van der Waals surface area contributed by atoms with Gasteiger partial charge in [0.15, 0.2) is 0 Å². The third-order valence-electron chi connectivity index (χ3n) is 4.77. The number of benzene rings is 1. The fourth-order valence-electron chi connectivity index (χ4n) is 3.31. The maximum Gasteiger partial charge on any atom is 0.113 e. The largest absolute Gasteiger partial charge is 0.179 e. The first-order valence-electron chi connectivity index (χ1n) is 7.13. The molecule has 2 radical (unpaired) electrons. The van der Waals surface area contributed by atoms with Crippen LogP contribution in [0.1, 0.15) is 33.3 Å². The van der Waals surface area contributed by atoms with Crippen LogP contribution in [0.3, 0.4) is 0 Å². The van der Waals surface area contributed by atoms with Crippen LogP contribution in [0.4, 0.5) is 0 Å². The Balaban J connectivity index is 0.000000704. The number of fused-ring (bicyclic) bond motifs is 1. The molecule has 3 rings (SSSR count). The highest BCUT2D eigenvalue weighted by Crippen LogP contribution is 2.70. The summed E-state index contributed by atoms with van der Waals surface area (Å²) >= 11 is 4.47. The van der Waals surface area contributed by atoms with Crippen molar-refractivity contribution in [2.24, 2.45) is 27.0 Å². The molecule has 0 bridgehead atoms. The molecule has 2 aliphatic rings. The minimum Gasteiger partial charge on any atom is -0.179 e. The van der Waals surface area contributed by atoms with E-state index in [1.54, 1.807) is 0 Å². The standard InChI is InChI=1S/C14H15BN2S.C2H6/c1-13-8-16-17-12(14(13,2)11(13)7-18)9-4-3-5-10(15)6-9;1-2/h3-6,8,11,18H,7H2,1-2H3;1-2H3. The van der Waals surface area contributed by atoms with Gasteiger partial charge < -0.3 is 0 Å². The summed E-state index contributed by atoms with van der Waals surface area (Å²) in [6, 6.07) is 7.87. The lowest BCUT2D eigenvalue weighted by atomic mass is 9.84. The lowest BCUT2D eigenvalue weighted by Crippen LogP contribution is -2.25. The van der Waals surface area contributed by atoms with Crippen LogP contribution in [0.15, 0.2) is 34.5 Å². The Labute approximate surface area is 128 Å². The van der Waals surface area contributed by atoms with E-state index in [0.29, 0.717) is 5.92 Å². The summed E-state index contributed by atoms with van der Waals surface area (Å²) in [5, 5.41) is 8.57. The second kappa shape index (κ2) is 5.40. The van der Waals surface area contributed by atoms with Crippen molar-refractivity contribution in [1.82, 2.24) is 0 Å². The third-order valence-corrected chi connectivity index (χ3v) is 5.14. The van der Waals surface area contributed by atoms with E-state index in [2.05, 4.69) is 42.7 Å². The van der Waals surface area contributed by atoms with Crippen LogP contribution >= 0.6 is 12.6 Å². The van der Waals surface area contributed by atoms with E-state index < -0.39 is 0 Å². The molecule has 3 unspecified atom stereocenters. The van der Waals surface area contributed by atoms with E-state index in [1.807, 2.05) is 38.3 Å². The minimum absolute atomic E-state index is 0.0320. The van der Waals surface area contributed by atoms with Crippen molar-refractivity contribution < 1.29 is 0 Å². The highest BCUT2D eigenvalue weighted by molar-refractivity contribution is 7.80. The first-order chi connectivity index (χ1) is 9.54. The summed E-state index contributed by atoms with van der Waals surface area (Å²) < 4.78 is 0. The van der Waals surface area contributed by atoms with Crippen molar-refractivity contribution in [2.45, 2.75) is 27.7 Å². The molecular formula is C16H21BN2S. The van der Waals surface area contributed by atoms with Crippen LogP contribution in [0, 0.1) is 16.7 Å². The normalized spacial score (nSPS) is 33.6. The first kappa shape index (κ1) is 15.4. The summed E-state index contributed by atoms with van der Waals surface area (Å²) in [6.45, 7) is 8.49. The van der Waals surface area contributed by atoms with Crippen molar-refractivity contribution in [2.75, 3.05) is 5.75 Å². The predicted octanol–water partition coefficient (Wildman–Crippen LogP) is 2.87. The average molecular weight is 284 g/mol. The molecular weight excluding hydrogens is 263 g/mol. The van der Waals surface area contributed by atoms with Gasteiger partial charge in [0.1, 0.15) is 7.85 Å². The second-order valence-electron chi connectivity index (χ2n) is 5.54. The van der Waals surface area contributed by atoms with Crippen LogP contribution in [0.25, 0.3) is 0 Å². The van der Waals surface area contributed by atoms with Gasteiger partial charge in [0.25, 0.3) is 0 Å². The topological polar surface area (TPSA) is 24.7 Å². The Morgan fingerprint density at radius 2 is 2.00 bits per heavy atom. The molecule has 104 valence electrons. The molecule has 20 heavy (non-hydrogen) atoms. The van der Waals surface area contributed by atoms with E-state index in [4.69, 9.17) is 7.85 Å². The number of hydrogen-bond acceptors (Lipinski definition) is 3. The fraction of sp³-hybridized carbons (Fsp3) is 0.500. The Morgan fingerprint density at radius 3 is 2.60 bits per heavy atom. The van der Waals surface area contributed by atoms with E-state index in [0.717, 1.165) is 22.5 Å². The highest BCUT2D eigenvalue weighted by atomic mass is 32.1. The van der Waals surface area contributed by atoms with Crippen LogP contribution in [0.5, 0.6) is 0 Å². The lowest BCUT2D eigenvalue weighted by Gasteiger charge is -2.20. The zero-order valence-corrected chi connectivity index (χ0v) is 13.5. The third kappa shape index (κ3) is 1.96. The summed E-state index contributed by atoms with van der Waals surface area (Å²) in [5.41, 5.74) is 2.99. The smallest absolute Gasteiger partial charge is 0.113 e. The molecule has 0 spiro atoms. The molecule has 1 aliphatic carbocycles. The molecule has 0 N–H and O–H groups in total. The summed E-state index contributed by atoms with van der Waals surface area (Å²) in [4.78, 5) is 0.